The van der Waals surface area contributed by atoms with Gasteiger partial charge in [0.15, 0.2) is 0 Å². The summed E-state index contributed by atoms with van der Waals surface area (Å²) < 4.78 is 1.80. The molecule has 3 fully saturated rings. The monoisotopic (exact) mass is 369 g/mol. The number of nitrogens with zero attached hydrogens (tertiary/aromatic N) is 3. The van der Waals surface area contributed by atoms with E-state index < -0.39 is 5.91 Å². The molecule has 142 valence electrons. The fourth-order valence-electron chi connectivity index (χ4n) is 4.83. The lowest BCUT2D eigenvalue weighted by molar-refractivity contribution is -0.153. The number of piperidine rings is 1. The standard InChI is InChI=1S/C19H23N5O3/c25-17(18(26)23-11-12-9-14(23)10-20-12)22-7-5-13(6-8-22)24-16-4-2-1-3-15(16)21-19(24)27/h1-4,12-14,20H,5-11H2,(H,21,27)/t12?,14-/m0/s1. The summed E-state index contributed by atoms with van der Waals surface area (Å²) >= 11 is 0. The molecular weight excluding hydrogens is 346 g/mol. The van der Waals surface area contributed by atoms with Crippen molar-refractivity contribution < 1.29 is 9.59 Å². The number of imidazole rings is 1. The van der Waals surface area contributed by atoms with E-state index in [4.69, 9.17) is 0 Å². The van der Waals surface area contributed by atoms with Crippen LogP contribution in [0.3, 0.4) is 0 Å². The first-order valence-electron chi connectivity index (χ1n) is 9.64. The van der Waals surface area contributed by atoms with Crippen LogP contribution in [0, 0.1) is 0 Å². The third kappa shape index (κ3) is 2.66. The molecule has 1 aromatic heterocycles. The summed E-state index contributed by atoms with van der Waals surface area (Å²) in [4.78, 5) is 43.9. The number of rotatable bonds is 1. The van der Waals surface area contributed by atoms with Gasteiger partial charge in [0.2, 0.25) is 0 Å². The van der Waals surface area contributed by atoms with E-state index in [0.29, 0.717) is 38.5 Å². The molecule has 2 N–H and O–H groups in total. The normalized spacial score (nSPS) is 25.5. The number of fused-ring (bicyclic) bond motifs is 3. The number of nitrogens with one attached hydrogen (secondary N) is 2. The highest BCUT2D eigenvalue weighted by atomic mass is 16.2. The fourth-order valence-corrected chi connectivity index (χ4v) is 4.83. The average Bonchev–Trinajstić information content (AvgIpc) is 3.40. The highest BCUT2D eigenvalue weighted by molar-refractivity contribution is 6.35. The molecule has 0 aliphatic carbocycles. The molecule has 27 heavy (non-hydrogen) atoms. The lowest BCUT2D eigenvalue weighted by Crippen LogP contribution is -2.53. The number of para-hydroxylation sites is 2. The van der Waals surface area contributed by atoms with E-state index in [2.05, 4.69) is 10.3 Å². The Morgan fingerprint density at radius 3 is 2.52 bits per heavy atom. The average molecular weight is 369 g/mol. The van der Waals surface area contributed by atoms with E-state index in [1.54, 1.807) is 14.4 Å². The Morgan fingerprint density at radius 2 is 1.81 bits per heavy atom. The summed E-state index contributed by atoms with van der Waals surface area (Å²) in [7, 11) is 0. The number of aromatic nitrogens is 2. The fraction of sp³-hybridized carbons (Fsp3) is 0.526. The van der Waals surface area contributed by atoms with Gasteiger partial charge in [0.05, 0.1) is 11.0 Å². The van der Waals surface area contributed by atoms with Gasteiger partial charge in [-0.2, -0.15) is 0 Å². The number of likely N-dealkylation sites (tertiary alicyclic amines) is 2. The highest BCUT2D eigenvalue weighted by Crippen LogP contribution is 2.27. The van der Waals surface area contributed by atoms with Crippen molar-refractivity contribution in [2.24, 2.45) is 0 Å². The molecule has 0 radical (unpaired) electrons. The minimum Gasteiger partial charge on any atom is -0.334 e. The minimum absolute atomic E-state index is 0.0415. The Morgan fingerprint density at radius 1 is 1.04 bits per heavy atom. The van der Waals surface area contributed by atoms with Gasteiger partial charge in [0, 0.05) is 44.3 Å². The van der Waals surface area contributed by atoms with Gasteiger partial charge in [-0.15, -0.1) is 0 Å². The van der Waals surface area contributed by atoms with Crippen molar-refractivity contribution >= 4 is 22.8 Å². The molecular formula is C19H23N5O3. The quantitative estimate of drug-likeness (QED) is 0.696. The van der Waals surface area contributed by atoms with Crippen LogP contribution in [0.25, 0.3) is 11.0 Å². The van der Waals surface area contributed by atoms with Crippen molar-refractivity contribution in [1.29, 1.82) is 0 Å². The summed E-state index contributed by atoms with van der Waals surface area (Å²) in [6.45, 7) is 2.43. The molecule has 3 aliphatic heterocycles. The third-order valence-corrected chi connectivity index (χ3v) is 6.24. The molecule has 0 spiro atoms. The number of H-pyrrole nitrogens is 1. The lowest BCUT2D eigenvalue weighted by atomic mass is 10.0. The van der Waals surface area contributed by atoms with E-state index in [-0.39, 0.29) is 23.7 Å². The molecule has 2 amide bonds. The molecule has 0 saturated carbocycles. The molecule has 1 unspecified atom stereocenters. The van der Waals surface area contributed by atoms with Gasteiger partial charge in [-0.25, -0.2) is 4.79 Å². The first-order valence-corrected chi connectivity index (χ1v) is 9.64. The summed E-state index contributed by atoms with van der Waals surface area (Å²) in [6, 6.07) is 8.19. The van der Waals surface area contributed by atoms with Crippen LogP contribution in [-0.2, 0) is 9.59 Å². The zero-order valence-corrected chi connectivity index (χ0v) is 15.1. The second-order valence-corrected chi connectivity index (χ2v) is 7.79. The maximum absolute atomic E-state index is 12.7. The Bertz CT molecular complexity index is 956. The number of amides is 2. The van der Waals surface area contributed by atoms with Crippen LogP contribution in [0.5, 0.6) is 0 Å². The molecule has 2 atom stereocenters. The zero-order valence-electron chi connectivity index (χ0n) is 15.1. The van der Waals surface area contributed by atoms with Gasteiger partial charge < -0.3 is 20.1 Å². The van der Waals surface area contributed by atoms with E-state index in [1.807, 2.05) is 24.3 Å². The number of hydrogen-bond donors (Lipinski definition) is 2. The summed E-state index contributed by atoms with van der Waals surface area (Å²) in [5.41, 5.74) is 1.61. The smallest absolute Gasteiger partial charge is 0.326 e. The third-order valence-electron chi connectivity index (χ3n) is 6.24. The van der Waals surface area contributed by atoms with Crippen LogP contribution in [0.15, 0.2) is 29.1 Å². The molecule has 4 heterocycles. The van der Waals surface area contributed by atoms with Crippen LogP contribution >= 0.6 is 0 Å². The predicted octanol–water partition coefficient (Wildman–Crippen LogP) is 0.0658. The van der Waals surface area contributed by atoms with Crippen LogP contribution in [0.1, 0.15) is 25.3 Å². The van der Waals surface area contributed by atoms with Crippen molar-refractivity contribution in [1.82, 2.24) is 24.7 Å². The van der Waals surface area contributed by atoms with Gasteiger partial charge in [-0.1, -0.05) is 12.1 Å². The Labute approximate surface area is 156 Å². The van der Waals surface area contributed by atoms with Crippen molar-refractivity contribution in [3.63, 3.8) is 0 Å². The molecule has 2 bridgehead atoms. The molecule has 5 rings (SSSR count). The number of benzene rings is 1. The zero-order chi connectivity index (χ0) is 18.5. The number of piperazine rings is 1. The maximum Gasteiger partial charge on any atom is 0.326 e. The number of aromatic amines is 1. The largest absolute Gasteiger partial charge is 0.334 e. The Kier molecular flexibility index (Phi) is 3.82. The van der Waals surface area contributed by atoms with Crippen molar-refractivity contribution in [2.75, 3.05) is 26.2 Å². The van der Waals surface area contributed by atoms with Crippen LogP contribution in [-0.4, -0.2) is 69.4 Å². The van der Waals surface area contributed by atoms with Crippen LogP contribution in [0.2, 0.25) is 0 Å². The highest BCUT2D eigenvalue weighted by Gasteiger charge is 2.43. The molecule has 8 heteroatoms. The van der Waals surface area contributed by atoms with E-state index in [9.17, 15) is 14.4 Å². The Balaban J connectivity index is 1.27. The van der Waals surface area contributed by atoms with E-state index in [0.717, 1.165) is 24.0 Å². The van der Waals surface area contributed by atoms with Crippen molar-refractivity contribution in [3.8, 4) is 0 Å². The molecule has 3 aliphatic rings. The predicted molar refractivity (Wildman–Crippen MR) is 99.3 cm³/mol. The minimum atomic E-state index is -0.396. The van der Waals surface area contributed by atoms with E-state index in [1.165, 1.54) is 0 Å². The second-order valence-electron chi connectivity index (χ2n) is 7.79. The molecule has 2 aromatic rings. The van der Waals surface area contributed by atoms with Crippen molar-refractivity contribution in [2.45, 2.75) is 37.4 Å². The van der Waals surface area contributed by atoms with Gasteiger partial charge in [-0.05, 0) is 31.4 Å². The SMILES string of the molecule is O=C(C(=O)N1CC2C[C@H]1CN2)N1CCC(n2c(=O)[nH]c3ccccc32)CC1. The summed E-state index contributed by atoms with van der Waals surface area (Å²) in [6.07, 6.45) is 2.30. The first kappa shape index (κ1) is 16.6. The maximum atomic E-state index is 12.7. The van der Waals surface area contributed by atoms with Crippen LogP contribution < -0.4 is 11.0 Å². The lowest BCUT2D eigenvalue weighted by Gasteiger charge is -2.34. The van der Waals surface area contributed by atoms with E-state index >= 15 is 0 Å². The topological polar surface area (TPSA) is 90.4 Å². The second kappa shape index (κ2) is 6.23. The summed E-state index contributed by atoms with van der Waals surface area (Å²) in [5.74, 6) is -0.765. The number of carbonyl (C=O) groups excluding carboxylic acids is 2. The van der Waals surface area contributed by atoms with Gasteiger partial charge in [0.25, 0.3) is 0 Å². The number of hydrogen-bond acceptors (Lipinski definition) is 4. The van der Waals surface area contributed by atoms with Gasteiger partial charge >= 0.3 is 17.5 Å². The Hall–Kier alpha value is -2.61. The molecule has 3 saturated heterocycles. The number of carbonyl (C=O) groups is 2. The van der Waals surface area contributed by atoms with Crippen LogP contribution in [0.4, 0.5) is 0 Å². The van der Waals surface area contributed by atoms with Crippen molar-refractivity contribution in [3.05, 3.63) is 34.7 Å². The van der Waals surface area contributed by atoms with Gasteiger partial charge in [0.1, 0.15) is 0 Å². The van der Waals surface area contributed by atoms with Gasteiger partial charge in [-0.3, -0.25) is 14.2 Å². The summed E-state index contributed by atoms with van der Waals surface area (Å²) in [5, 5.41) is 3.35. The molecule has 1 aromatic carbocycles. The first-order chi connectivity index (χ1) is 13.1. The molecule has 8 nitrogen and oxygen atoms in total.